The fourth-order valence-corrected chi connectivity index (χ4v) is 3.30. The van der Waals surface area contributed by atoms with Crippen LogP contribution in [0.25, 0.3) is 0 Å². The molecule has 0 aliphatic carbocycles. The molecule has 8 nitrogen and oxygen atoms in total. The smallest absolute Gasteiger partial charge is 0.339 e. The predicted molar refractivity (Wildman–Crippen MR) is 115 cm³/mol. The van der Waals surface area contributed by atoms with Crippen molar-refractivity contribution in [1.29, 1.82) is 5.26 Å². The fourth-order valence-electron chi connectivity index (χ4n) is 3.30. The molecule has 1 aliphatic rings. The van der Waals surface area contributed by atoms with Crippen molar-refractivity contribution in [3.63, 3.8) is 0 Å². The number of amides is 2. The van der Waals surface area contributed by atoms with E-state index in [4.69, 9.17) is 14.7 Å². The van der Waals surface area contributed by atoms with Crippen molar-refractivity contribution in [3.05, 3.63) is 102 Å². The molecule has 33 heavy (non-hydrogen) atoms. The van der Waals surface area contributed by atoms with Crippen LogP contribution in [0.15, 0.2) is 84.9 Å². The molecule has 3 aromatic carbocycles. The summed E-state index contributed by atoms with van der Waals surface area (Å²) in [5.41, 5.74) is 0.824. The lowest BCUT2D eigenvalue weighted by molar-refractivity contribution is -0.130. The first-order valence-electron chi connectivity index (χ1n) is 9.89. The average molecular weight is 440 g/mol. The highest BCUT2D eigenvalue weighted by Crippen LogP contribution is 2.28. The van der Waals surface area contributed by atoms with E-state index in [9.17, 15) is 19.2 Å². The molecular formula is C25H16N2O6. The van der Waals surface area contributed by atoms with E-state index in [1.54, 1.807) is 36.4 Å². The lowest BCUT2D eigenvalue weighted by Crippen LogP contribution is -2.37. The van der Waals surface area contributed by atoms with Gasteiger partial charge in [-0.15, -0.1) is 0 Å². The Morgan fingerprint density at radius 2 is 1.12 bits per heavy atom. The van der Waals surface area contributed by atoms with E-state index in [1.807, 2.05) is 6.07 Å². The Hall–Kier alpha value is -4.77. The minimum absolute atomic E-state index is 0.156. The van der Waals surface area contributed by atoms with Crippen LogP contribution in [0.2, 0.25) is 0 Å². The summed E-state index contributed by atoms with van der Waals surface area (Å²) in [4.78, 5) is 52.3. The second kappa shape index (κ2) is 9.16. The average Bonchev–Trinajstić information content (AvgIpc) is 3.09. The largest absolute Gasteiger partial charge is 0.444 e. The van der Waals surface area contributed by atoms with E-state index in [0.29, 0.717) is 5.56 Å². The number of esters is 2. The normalized spacial score (nSPS) is 17.4. The fraction of sp³-hybridized carbons (Fsp3) is 0.0800. The van der Waals surface area contributed by atoms with Crippen molar-refractivity contribution in [1.82, 2.24) is 0 Å². The Labute approximate surface area is 188 Å². The Morgan fingerprint density at radius 1 is 0.697 bits per heavy atom. The van der Waals surface area contributed by atoms with Crippen molar-refractivity contribution in [3.8, 4) is 6.07 Å². The van der Waals surface area contributed by atoms with Gasteiger partial charge in [0.15, 0.2) is 0 Å². The van der Waals surface area contributed by atoms with Gasteiger partial charge < -0.3 is 9.47 Å². The molecule has 3 aromatic rings. The van der Waals surface area contributed by atoms with Gasteiger partial charge in [-0.1, -0.05) is 36.4 Å². The van der Waals surface area contributed by atoms with E-state index < -0.39 is 36.0 Å². The zero-order chi connectivity index (χ0) is 23.4. The summed E-state index contributed by atoms with van der Waals surface area (Å²) in [7, 11) is 0. The van der Waals surface area contributed by atoms with Crippen molar-refractivity contribution >= 4 is 29.4 Å². The van der Waals surface area contributed by atoms with Gasteiger partial charge in [0, 0.05) is 0 Å². The predicted octanol–water partition coefficient (Wildman–Crippen LogP) is 2.88. The van der Waals surface area contributed by atoms with Crippen LogP contribution in [0.4, 0.5) is 5.69 Å². The number of rotatable bonds is 5. The maximum Gasteiger partial charge on any atom is 0.339 e. The molecule has 1 heterocycles. The van der Waals surface area contributed by atoms with Gasteiger partial charge >= 0.3 is 11.9 Å². The third kappa shape index (κ3) is 4.34. The third-order valence-corrected chi connectivity index (χ3v) is 4.94. The van der Waals surface area contributed by atoms with Crippen LogP contribution in [0, 0.1) is 11.3 Å². The molecule has 2 amide bonds. The Bertz CT molecular complexity index is 1180. The van der Waals surface area contributed by atoms with E-state index in [1.165, 1.54) is 48.5 Å². The minimum Gasteiger partial charge on any atom is -0.444 e. The van der Waals surface area contributed by atoms with Crippen LogP contribution >= 0.6 is 0 Å². The van der Waals surface area contributed by atoms with Gasteiger partial charge in [-0.2, -0.15) is 5.26 Å². The Balaban J connectivity index is 1.65. The van der Waals surface area contributed by atoms with Gasteiger partial charge in [-0.25, -0.2) is 14.5 Å². The van der Waals surface area contributed by atoms with E-state index in [0.717, 1.165) is 4.90 Å². The highest BCUT2D eigenvalue weighted by Gasteiger charge is 2.53. The molecule has 0 N–H and O–H groups in total. The second-order valence-electron chi connectivity index (χ2n) is 7.05. The SMILES string of the molecule is N#Cc1ccc(N2C(=O)[C@H](OC(=O)c3ccccc3)[C@@H](OC(=O)c3ccccc3)C2=O)cc1. The number of carbonyl (C=O) groups is 4. The topological polar surface area (TPSA) is 114 Å². The Morgan fingerprint density at radius 3 is 1.52 bits per heavy atom. The molecule has 0 bridgehead atoms. The van der Waals surface area contributed by atoms with E-state index in [-0.39, 0.29) is 16.8 Å². The number of benzene rings is 3. The maximum atomic E-state index is 13.1. The molecule has 0 radical (unpaired) electrons. The van der Waals surface area contributed by atoms with Crippen molar-refractivity contribution in [2.75, 3.05) is 4.90 Å². The number of anilines is 1. The van der Waals surface area contributed by atoms with Gasteiger partial charge in [-0.05, 0) is 48.5 Å². The zero-order valence-corrected chi connectivity index (χ0v) is 17.1. The maximum absolute atomic E-state index is 13.1. The minimum atomic E-state index is -1.67. The van der Waals surface area contributed by atoms with Crippen molar-refractivity contribution in [2.45, 2.75) is 12.2 Å². The summed E-state index contributed by atoms with van der Waals surface area (Å²) >= 11 is 0. The highest BCUT2D eigenvalue weighted by molar-refractivity contribution is 6.25. The third-order valence-electron chi connectivity index (χ3n) is 4.94. The van der Waals surface area contributed by atoms with Crippen LogP contribution in [0.3, 0.4) is 0 Å². The number of imide groups is 1. The molecule has 8 heteroatoms. The summed E-state index contributed by atoms with van der Waals surface area (Å²) in [5, 5.41) is 8.98. The molecule has 0 aromatic heterocycles. The molecule has 1 aliphatic heterocycles. The van der Waals surface area contributed by atoms with Gasteiger partial charge in [0.1, 0.15) is 0 Å². The van der Waals surface area contributed by atoms with Gasteiger partial charge in [-0.3, -0.25) is 9.59 Å². The van der Waals surface area contributed by atoms with Gasteiger partial charge in [0.05, 0.1) is 28.4 Å². The summed E-state index contributed by atoms with van der Waals surface area (Å²) < 4.78 is 10.7. The molecule has 4 rings (SSSR count). The first kappa shape index (κ1) is 21.5. The first-order valence-corrected chi connectivity index (χ1v) is 9.89. The number of hydrogen-bond acceptors (Lipinski definition) is 7. The standard InChI is InChI=1S/C25H16N2O6/c26-15-16-11-13-19(14-12-16)27-22(28)20(32-24(30)17-7-3-1-4-8-17)21(23(27)29)33-25(31)18-9-5-2-6-10-18/h1-14,20-21H/t20-,21-/m1/s1. The quantitative estimate of drug-likeness (QED) is 0.443. The molecular weight excluding hydrogens is 424 g/mol. The molecule has 1 saturated heterocycles. The number of carbonyl (C=O) groups excluding carboxylic acids is 4. The molecule has 0 spiro atoms. The van der Waals surface area contributed by atoms with Gasteiger partial charge in [0.2, 0.25) is 12.2 Å². The molecule has 0 saturated carbocycles. The van der Waals surface area contributed by atoms with Crippen LogP contribution < -0.4 is 4.90 Å². The molecule has 2 atom stereocenters. The lowest BCUT2D eigenvalue weighted by atomic mass is 10.2. The first-order chi connectivity index (χ1) is 16.0. The second-order valence-corrected chi connectivity index (χ2v) is 7.05. The number of nitriles is 1. The highest BCUT2D eigenvalue weighted by atomic mass is 16.6. The number of hydrogen-bond donors (Lipinski definition) is 0. The number of ether oxygens (including phenoxy) is 2. The summed E-state index contributed by atoms with van der Waals surface area (Å²) in [6.07, 6.45) is -3.35. The summed E-state index contributed by atoms with van der Waals surface area (Å²) in [6, 6.07) is 23.5. The van der Waals surface area contributed by atoms with E-state index in [2.05, 4.69) is 0 Å². The van der Waals surface area contributed by atoms with Crippen LogP contribution in [-0.2, 0) is 19.1 Å². The van der Waals surface area contributed by atoms with Crippen molar-refractivity contribution in [2.24, 2.45) is 0 Å². The summed E-state index contributed by atoms with van der Waals surface area (Å²) in [6.45, 7) is 0. The van der Waals surface area contributed by atoms with Crippen LogP contribution in [0.5, 0.6) is 0 Å². The van der Waals surface area contributed by atoms with E-state index >= 15 is 0 Å². The van der Waals surface area contributed by atoms with Gasteiger partial charge in [0.25, 0.3) is 11.8 Å². The van der Waals surface area contributed by atoms with Crippen LogP contribution in [-0.4, -0.2) is 36.0 Å². The zero-order valence-electron chi connectivity index (χ0n) is 17.1. The monoisotopic (exact) mass is 440 g/mol. The van der Waals surface area contributed by atoms with Crippen molar-refractivity contribution < 1.29 is 28.7 Å². The number of nitrogens with zero attached hydrogens (tertiary/aromatic N) is 2. The Kier molecular flexibility index (Phi) is 5.96. The molecule has 162 valence electrons. The summed E-state index contributed by atoms with van der Waals surface area (Å²) in [5.74, 6) is -3.41. The lowest BCUT2D eigenvalue weighted by Gasteiger charge is -2.16. The van der Waals surface area contributed by atoms with Crippen LogP contribution in [0.1, 0.15) is 26.3 Å². The molecule has 0 unspecified atom stereocenters. The molecule has 1 fully saturated rings.